The predicted molar refractivity (Wildman–Crippen MR) is 139 cm³/mol. The third kappa shape index (κ3) is 4.84. The molecular weight excluding hydrogens is 504 g/mol. The molecular formula is C28H24Cl2FNO4. The van der Waals surface area contributed by atoms with Crippen LogP contribution in [0.5, 0.6) is 5.75 Å². The van der Waals surface area contributed by atoms with Crippen molar-refractivity contribution >= 4 is 46.3 Å². The van der Waals surface area contributed by atoms with E-state index in [1.54, 1.807) is 18.2 Å². The van der Waals surface area contributed by atoms with Crippen molar-refractivity contribution in [2.24, 2.45) is 0 Å². The zero-order valence-electron chi connectivity index (χ0n) is 19.9. The Hall–Kier alpha value is -3.35. The molecule has 1 saturated heterocycles. The molecule has 0 spiro atoms. The van der Waals surface area contributed by atoms with Gasteiger partial charge < -0.3 is 9.84 Å². The highest BCUT2D eigenvalue weighted by Gasteiger charge is 2.47. The molecule has 186 valence electrons. The number of rotatable bonds is 6. The van der Waals surface area contributed by atoms with E-state index in [2.05, 4.69) is 0 Å². The summed E-state index contributed by atoms with van der Waals surface area (Å²) in [5, 5.41) is 11.9. The van der Waals surface area contributed by atoms with E-state index in [4.69, 9.17) is 27.9 Å². The summed E-state index contributed by atoms with van der Waals surface area (Å²) in [7, 11) is 0. The summed E-state index contributed by atoms with van der Waals surface area (Å²) in [4.78, 5) is 27.8. The largest absolute Gasteiger partial charge is 0.507 e. The van der Waals surface area contributed by atoms with Crippen LogP contribution in [0.3, 0.4) is 0 Å². The van der Waals surface area contributed by atoms with Gasteiger partial charge in [-0.25, -0.2) is 4.39 Å². The monoisotopic (exact) mass is 527 g/mol. The average molecular weight is 528 g/mol. The second-order valence-corrected chi connectivity index (χ2v) is 9.56. The van der Waals surface area contributed by atoms with Crippen LogP contribution in [-0.4, -0.2) is 23.4 Å². The highest BCUT2D eigenvalue weighted by molar-refractivity contribution is 6.52. The van der Waals surface area contributed by atoms with Gasteiger partial charge >= 0.3 is 0 Å². The van der Waals surface area contributed by atoms with Gasteiger partial charge in [-0.2, -0.15) is 0 Å². The van der Waals surface area contributed by atoms with Gasteiger partial charge in [0.15, 0.2) is 0 Å². The zero-order valence-corrected chi connectivity index (χ0v) is 21.4. The highest BCUT2D eigenvalue weighted by Crippen LogP contribution is 2.44. The molecule has 1 heterocycles. The maximum atomic E-state index is 13.7. The first kappa shape index (κ1) is 25.7. The van der Waals surface area contributed by atoms with E-state index in [1.807, 2.05) is 20.8 Å². The van der Waals surface area contributed by atoms with Crippen molar-refractivity contribution in [2.75, 3.05) is 11.5 Å². The van der Waals surface area contributed by atoms with E-state index in [0.717, 1.165) is 5.56 Å². The van der Waals surface area contributed by atoms with Gasteiger partial charge in [-0.1, -0.05) is 49.2 Å². The number of Topliss-reactive ketones (excluding diaryl/α,β-unsaturated/α-hetero) is 1. The molecule has 1 aliphatic heterocycles. The molecule has 5 nitrogen and oxygen atoms in total. The fraction of sp³-hybridized carbons (Fsp3) is 0.214. The number of carbonyl (C=O) groups excluding carboxylic acids is 2. The minimum atomic E-state index is -1.03. The van der Waals surface area contributed by atoms with Gasteiger partial charge in [0.2, 0.25) is 0 Å². The number of nitrogens with zero attached hydrogens (tertiary/aromatic N) is 1. The lowest BCUT2D eigenvalue weighted by molar-refractivity contribution is -0.132. The highest BCUT2D eigenvalue weighted by atomic mass is 35.5. The summed E-state index contributed by atoms with van der Waals surface area (Å²) < 4.78 is 19.4. The molecule has 1 unspecified atom stereocenters. The first-order chi connectivity index (χ1) is 17.1. The minimum absolute atomic E-state index is 0.0724. The van der Waals surface area contributed by atoms with Crippen molar-refractivity contribution in [1.82, 2.24) is 0 Å². The van der Waals surface area contributed by atoms with Gasteiger partial charge in [0, 0.05) is 21.3 Å². The molecule has 3 aromatic carbocycles. The van der Waals surface area contributed by atoms with Gasteiger partial charge in [-0.15, -0.1) is 0 Å². The van der Waals surface area contributed by atoms with Crippen LogP contribution in [-0.2, 0) is 9.59 Å². The molecule has 4 rings (SSSR count). The quantitative estimate of drug-likeness (QED) is 0.207. The topological polar surface area (TPSA) is 66.8 Å². The van der Waals surface area contributed by atoms with Crippen LogP contribution in [0.1, 0.15) is 49.4 Å². The third-order valence-corrected chi connectivity index (χ3v) is 6.40. The Morgan fingerprint density at radius 2 is 1.67 bits per heavy atom. The molecule has 3 aromatic rings. The molecule has 8 heteroatoms. The van der Waals surface area contributed by atoms with Gasteiger partial charge in [0.25, 0.3) is 11.7 Å². The predicted octanol–water partition coefficient (Wildman–Crippen LogP) is 7.28. The molecule has 1 N–H and O–H groups in total. The standard InChI is InChI=1S/C28H24Cl2FNO4/c1-4-36-23-10-7-17(11-22(23)15(2)3)26(33)24-25(16-5-8-20(31)9-6-16)32(28(35)27(24)34)21-13-18(29)12-19(30)14-21/h5-15,25,33H,4H2,1-3H3/b26-24-. The van der Waals surface area contributed by atoms with E-state index in [-0.39, 0.29) is 33.0 Å². The average Bonchev–Trinajstić information content (AvgIpc) is 3.09. The van der Waals surface area contributed by atoms with Crippen molar-refractivity contribution in [2.45, 2.75) is 32.7 Å². The molecule has 0 aromatic heterocycles. The van der Waals surface area contributed by atoms with E-state index in [0.29, 0.717) is 23.5 Å². The van der Waals surface area contributed by atoms with Gasteiger partial charge in [-0.05, 0) is 72.5 Å². The van der Waals surface area contributed by atoms with Crippen LogP contribution >= 0.6 is 23.2 Å². The van der Waals surface area contributed by atoms with Crippen molar-refractivity contribution < 1.29 is 23.8 Å². The van der Waals surface area contributed by atoms with Crippen LogP contribution < -0.4 is 9.64 Å². The number of aliphatic hydroxyl groups excluding tert-OH is 1. The summed E-state index contributed by atoms with van der Waals surface area (Å²) in [5.41, 5.74) is 1.79. The fourth-order valence-electron chi connectivity index (χ4n) is 4.33. The van der Waals surface area contributed by atoms with Gasteiger partial charge in [0.1, 0.15) is 17.3 Å². The Bertz CT molecular complexity index is 1350. The number of ether oxygens (including phenoxy) is 1. The molecule has 0 saturated carbocycles. The number of ketones is 1. The van der Waals surface area contributed by atoms with Crippen LogP contribution in [0.25, 0.3) is 5.76 Å². The third-order valence-electron chi connectivity index (χ3n) is 5.96. The maximum Gasteiger partial charge on any atom is 0.300 e. The van der Waals surface area contributed by atoms with E-state index in [1.165, 1.54) is 47.4 Å². The fourth-order valence-corrected chi connectivity index (χ4v) is 4.84. The number of benzene rings is 3. The molecule has 0 bridgehead atoms. The van der Waals surface area contributed by atoms with Crippen molar-refractivity contribution in [3.05, 3.63) is 98.8 Å². The van der Waals surface area contributed by atoms with E-state index >= 15 is 0 Å². The Balaban J connectivity index is 1.95. The minimum Gasteiger partial charge on any atom is -0.507 e. The number of amides is 1. The second-order valence-electron chi connectivity index (χ2n) is 8.69. The lowest BCUT2D eigenvalue weighted by Crippen LogP contribution is -2.29. The van der Waals surface area contributed by atoms with Crippen LogP contribution in [0.4, 0.5) is 10.1 Å². The summed E-state index contributed by atoms with van der Waals surface area (Å²) in [6.07, 6.45) is 0. The summed E-state index contributed by atoms with van der Waals surface area (Å²) in [6.45, 7) is 6.33. The van der Waals surface area contributed by atoms with Crippen LogP contribution in [0.2, 0.25) is 10.0 Å². The molecule has 1 atom stereocenters. The molecule has 1 aliphatic rings. The van der Waals surface area contributed by atoms with Crippen molar-refractivity contribution in [1.29, 1.82) is 0 Å². The molecule has 0 aliphatic carbocycles. The van der Waals surface area contributed by atoms with Crippen molar-refractivity contribution in [3.8, 4) is 5.75 Å². The molecule has 0 radical (unpaired) electrons. The Labute approximate surface area is 218 Å². The van der Waals surface area contributed by atoms with E-state index in [9.17, 15) is 19.1 Å². The van der Waals surface area contributed by atoms with Crippen LogP contribution in [0.15, 0.2) is 66.2 Å². The van der Waals surface area contributed by atoms with Crippen LogP contribution in [0, 0.1) is 5.82 Å². The number of hydrogen-bond donors (Lipinski definition) is 1. The lowest BCUT2D eigenvalue weighted by Gasteiger charge is -2.26. The number of hydrogen-bond acceptors (Lipinski definition) is 4. The zero-order chi connectivity index (χ0) is 26.1. The molecule has 1 amide bonds. The van der Waals surface area contributed by atoms with Gasteiger partial charge in [-0.3, -0.25) is 14.5 Å². The smallest absolute Gasteiger partial charge is 0.300 e. The summed E-state index contributed by atoms with van der Waals surface area (Å²) >= 11 is 12.4. The van der Waals surface area contributed by atoms with E-state index < -0.39 is 23.5 Å². The summed E-state index contributed by atoms with van der Waals surface area (Å²) in [6, 6.07) is 14.0. The first-order valence-corrected chi connectivity index (χ1v) is 12.2. The first-order valence-electron chi connectivity index (χ1n) is 11.4. The number of carbonyl (C=O) groups is 2. The molecule has 36 heavy (non-hydrogen) atoms. The molecule has 1 fully saturated rings. The second kappa shape index (κ2) is 10.3. The summed E-state index contributed by atoms with van der Waals surface area (Å²) in [5.74, 6) is -1.81. The maximum absolute atomic E-state index is 13.7. The SMILES string of the molecule is CCOc1ccc(/C(O)=C2/C(=O)C(=O)N(c3cc(Cl)cc(Cl)c3)C2c2ccc(F)cc2)cc1C(C)C. The number of aliphatic hydroxyl groups is 1. The Morgan fingerprint density at radius 3 is 2.25 bits per heavy atom. The number of anilines is 1. The number of halogens is 3. The normalized spacial score (nSPS) is 17.2. The lowest BCUT2D eigenvalue weighted by atomic mass is 9.93. The van der Waals surface area contributed by atoms with Gasteiger partial charge in [0.05, 0.1) is 18.2 Å². The Kier molecular flexibility index (Phi) is 7.38. The Morgan fingerprint density at radius 1 is 1.03 bits per heavy atom. The van der Waals surface area contributed by atoms with Crippen molar-refractivity contribution in [3.63, 3.8) is 0 Å².